The van der Waals surface area contributed by atoms with Crippen LogP contribution in [0.1, 0.15) is 39.7 Å². The number of carbonyl (C=O) groups is 2. The first-order chi connectivity index (χ1) is 12.7. The predicted octanol–water partition coefficient (Wildman–Crippen LogP) is 3.75. The van der Waals surface area contributed by atoms with E-state index in [1.807, 2.05) is 44.2 Å². The maximum Gasteiger partial charge on any atom is 0.408 e. The number of hydrogen-bond acceptors (Lipinski definition) is 5. The maximum atomic E-state index is 12.7. The second-order valence-electron chi connectivity index (χ2n) is 6.90. The zero-order valence-electron chi connectivity index (χ0n) is 16.4. The van der Waals surface area contributed by atoms with Crippen molar-refractivity contribution in [3.8, 4) is 0 Å². The summed E-state index contributed by atoms with van der Waals surface area (Å²) in [5, 5.41) is 2.39. The monoisotopic (exact) mass is 399 g/mol. The fraction of sp³-hybridized carbons (Fsp3) is 0.579. The van der Waals surface area contributed by atoms with E-state index in [1.54, 1.807) is 6.92 Å². The lowest BCUT2D eigenvalue weighted by atomic mass is 9.99. The zero-order chi connectivity index (χ0) is 20.4. The van der Waals surface area contributed by atoms with Crippen molar-refractivity contribution >= 4 is 19.4 Å². The number of ether oxygens (including phenoxy) is 2. The lowest BCUT2D eigenvalue weighted by molar-refractivity contribution is -0.147. The van der Waals surface area contributed by atoms with Crippen LogP contribution < -0.4 is 5.32 Å². The van der Waals surface area contributed by atoms with Gasteiger partial charge in [-0.15, -0.1) is 0 Å². The summed E-state index contributed by atoms with van der Waals surface area (Å²) in [6, 6.07) is 9.12. The molecule has 0 saturated heterocycles. The summed E-state index contributed by atoms with van der Waals surface area (Å²) in [5.74, 6) is -2.05. The third-order valence-corrected chi connectivity index (χ3v) is 6.31. The molecule has 0 spiro atoms. The molecule has 1 unspecified atom stereocenters. The topological polar surface area (TPSA) is 102 Å². The summed E-state index contributed by atoms with van der Waals surface area (Å²) in [7, 11) is -3.84. The van der Waals surface area contributed by atoms with Crippen LogP contribution in [0.3, 0.4) is 0 Å². The fourth-order valence-electron chi connectivity index (χ4n) is 2.58. The molecule has 1 aromatic rings. The Hall–Kier alpha value is -1.85. The van der Waals surface area contributed by atoms with Crippen molar-refractivity contribution in [1.82, 2.24) is 5.32 Å². The number of alkyl carbamates (subject to hydrolysis) is 1. The van der Waals surface area contributed by atoms with Gasteiger partial charge < -0.3 is 19.7 Å². The summed E-state index contributed by atoms with van der Waals surface area (Å²) in [6.45, 7) is 7.25. The van der Waals surface area contributed by atoms with Gasteiger partial charge in [0.05, 0.1) is 12.5 Å². The Bertz CT molecular complexity index is 649. The van der Waals surface area contributed by atoms with Crippen molar-refractivity contribution in [2.45, 2.75) is 46.5 Å². The van der Waals surface area contributed by atoms with Gasteiger partial charge in [-0.3, -0.25) is 9.36 Å². The highest BCUT2D eigenvalue weighted by Crippen LogP contribution is 2.47. The van der Waals surface area contributed by atoms with Crippen molar-refractivity contribution in [3.63, 3.8) is 0 Å². The first-order valence-corrected chi connectivity index (χ1v) is 11.0. The highest BCUT2D eigenvalue weighted by atomic mass is 31.2. The summed E-state index contributed by atoms with van der Waals surface area (Å²) >= 11 is 0. The Labute approximate surface area is 160 Å². The molecule has 0 aliphatic rings. The zero-order valence-corrected chi connectivity index (χ0v) is 17.3. The minimum Gasteiger partial charge on any atom is -0.466 e. The Morgan fingerprint density at radius 3 is 2.33 bits per heavy atom. The van der Waals surface area contributed by atoms with E-state index in [0.717, 1.165) is 5.56 Å². The largest absolute Gasteiger partial charge is 0.466 e. The van der Waals surface area contributed by atoms with Crippen molar-refractivity contribution in [2.24, 2.45) is 11.8 Å². The van der Waals surface area contributed by atoms with Gasteiger partial charge in [0, 0.05) is 6.16 Å². The number of carbonyl (C=O) groups excluding carboxylic acids is 2. The lowest BCUT2D eigenvalue weighted by Crippen LogP contribution is -2.35. The van der Waals surface area contributed by atoms with E-state index in [2.05, 4.69) is 5.32 Å². The molecule has 0 aromatic heterocycles. The van der Waals surface area contributed by atoms with E-state index in [0.29, 0.717) is 6.42 Å². The highest BCUT2D eigenvalue weighted by molar-refractivity contribution is 7.58. The number of nitrogens with one attached hydrogen (secondary N) is 1. The molecule has 0 bridgehead atoms. The van der Waals surface area contributed by atoms with Crippen LogP contribution in [-0.2, 0) is 25.4 Å². The molecule has 2 N–H and O–H groups in total. The van der Waals surface area contributed by atoms with Gasteiger partial charge in [-0.25, -0.2) is 4.79 Å². The number of benzene rings is 1. The van der Waals surface area contributed by atoms with E-state index in [1.165, 1.54) is 6.92 Å². The molecular weight excluding hydrogens is 369 g/mol. The molecule has 0 radical (unpaired) electrons. The number of hydrogen-bond donors (Lipinski definition) is 2. The molecule has 0 fully saturated rings. The molecule has 27 heavy (non-hydrogen) atoms. The Morgan fingerprint density at radius 1 is 1.15 bits per heavy atom. The van der Waals surface area contributed by atoms with Gasteiger partial charge in [-0.1, -0.05) is 44.2 Å². The summed E-state index contributed by atoms with van der Waals surface area (Å²) in [5.41, 5.74) is 0.812. The van der Waals surface area contributed by atoms with Gasteiger partial charge in [0.1, 0.15) is 12.4 Å². The SMILES string of the molecule is CCOC(=O)[C@H](CC(C)C)CP(=O)(O)[C@@H](C)NC(=O)OCc1ccccc1. The first kappa shape index (κ1) is 23.2. The first-order valence-electron chi connectivity index (χ1n) is 9.11. The van der Waals surface area contributed by atoms with Crippen LogP contribution in [0.2, 0.25) is 0 Å². The molecule has 152 valence electrons. The van der Waals surface area contributed by atoms with E-state index in [4.69, 9.17) is 9.47 Å². The second-order valence-corrected chi connectivity index (χ2v) is 9.55. The Morgan fingerprint density at radius 2 is 1.78 bits per heavy atom. The van der Waals surface area contributed by atoms with Crippen LogP contribution in [0.5, 0.6) is 0 Å². The normalized spacial score (nSPS) is 15.5. The van der Waals surface area contributed by atoms with E-state index >= 15 is 0 Å². The summed E-state index contributed by atoms with van der Waals surface area (Å²) in [4.78, 5) is 34.4. The van der Waals surface area contributed by atoms with Gasteiger partial charge in [-0.05, 0) is 31.7 Å². The van der Waals surface area contributed by atoms with Crippen LogP contribution >= 0.6 is 7.37 Å². The number of rotatable bonds is 10. The van der Waals surface area contributed by atoms with Crippen molar-refractivity contribution < 1.29 is 28.5 Å². The molecule has 0 aliphatic heterocycles. The van der Waals surface area contributed by atoms with Gasteiger partial charge in [0.25, 0.3) is 0 Å². The molecule has 7 nitrogen and oxygen atoms in total. The molecule has 1 amide bonds. The molecule has 1 rings (SSSR count). The van der Waals surface area contributed by atoms with E-state index < -0.39 is 31.1 Å². The van der Waals surface area contributed by atoms with Crippen LogP contribution in [-0.4, -0.2) is 35.5 Å². The molecule has 0 heterocycles. The van der Waals surface area contributed by atoms with Crippen LogP contribution in [0.4, 0.5) is 4.79 Å². The average molecular weight is 399 g/mol. The molecule has 1 aromatic carbocycles. The van der Waals surface area contributed by atoms with E-state index in [9.17, 15) is 19.0 Å². The molecule has 8 heteroatoms. The van der Waals surface area contributed by atoms with Gasteiger partial charge in [0.15, 0.2) is 0 Å². The minimum absolute atomic E-state index is 0.0634. The minimum atomic E-state index is -3.84. The Kier molecular flexibility index (Phi) is 9.53. The molecular formula is C19H30NO6P. The van der Waals surface area contributed by atoms with Gasteiger partial charge in [-0.2, -0.15) is 0 Å². The molecule has 3 atom stereocenters. The van der Waals surface area contributed by atoms with Crippen molar-refractivity contribution in [1.29, 1.82) is 0 Å². The lowest BCUT2D eigenvalue weighted by Gasteiger charge is -2.25. The van der Waals surface area contributed by atoms with Crippen molar-refractivity contribution in [2.75, 3.05) is 12.8 Å². The Balaban J connectivity index is 2.63. The highest BCUT2D eigenvalue weighted by Gasteiger charge is 2.35. The molecule has 0 aliphatic carbocycles. The second kappa shape index (κ2) is 11.1. The van der Waals surface area contributed by atoms with Crippen molar-refractivity contribution in [3.05, 3.63) is 35.9 Å². The standard InChI is InChI=1S/C19H30NO6P/c1-5-25-18(21)17(11-14(2)3)13-27(23,24)15(4)20-19(22)26-12-16-9-7-6-8-10-16/h6-10,14-15,17H,5,11-13H2,1-4H3,(H,20,22)(H,23,24)/t15-,17+/m0/s1. The predicted molar refractivity (Wildman–Crippen MR) is 103 cm³/mol. The smallest absolute Gasteiger partial charge is 0.408 e. The summed E-state index contributed by atoms with van der Waals surface area (Å²) < 4.78 is 22.8. The average Bonchev–Trinajstić information content (AvgIpc) is 2.60. The molecule has 0 saturated carbocycles. The maximum absolute atomic E-state index is 12.7. The van der Waals surface area contributed by atoms with Gasteiger partial charge >= 0.3 is 12.1 Å². The number of amides is 1. The quantitative estimate of drug-likeness (QED) is 0.459. The fourth-order valence-corrected chi connectivity index (χ4v) is 4.14. The van der Waals surface area contributed by atoms with E-state index in [-0.39, 0.29) is 25.3 Å². The van der Waals surface area contributed by atoms with Gasteiger partial charge in [0.2, 0.25) is 7.37 Å². The van der Waals surface area contributed by atoms with Crippen LogP contribution in [0, 0.1) is 11.8 Å². The third-order valence-electron chi connectivity index (χ3n) is 4.00. The number of esters is 1. The van der Waals surface area contributed by atoms with Crippen LogP contribution in [0.25, 0.3) is 0 Å². The third kappa shape index (κ3) is 8.59. The summed E-state index contributed by atoms with van der Waals surface area (Å²) in [6.07, 6.45) is -0.587. The van der Waals surface area contributed by atoms with Crippen LogP contribution in [0.15, 0.2) is 30.3 Å².